The molecule has 1 N–H and O–H groups in total. The smallest absolute Gasteiger partial charge is 0.248 e. The molecule has 2 aliphatic rings. The first-order valence-electron chi connectivity index (χ1n) is 7.56. The highest BCUT2D eigenvalue weighted by atomic mass is 19.3. The molecule has 0 aromatic carbocycles. The minimum Gasteiger partial charge on any atom is -0.353 e. The molecule has 0 bridgehead atoms. The average Bonchev–Trinajstić information content (AvgIpc) is 2.39. The van der Waals surface area contributed by atoms with E-state index in [0.717, 1.165) is 25.7 Å². The molecular formula is C15H23F2NO2. The molecular weight excluding hydrogens is 264 g/mol. The van der Waals surface area contributed by atoms with Crippen molar-refractivity contribution >= 4 is 11.7 Å². The van der Waals surface area contributed by atoms with E-state index < -0.39 is 5.92 Å². The number of Topliss-reactive ketones (excluding diaryl/α,β-unsaturated/α-hetero) is 1. The van der Waals surface area contributed by atoms with Gasteiger partial charge in [-0.15, -0.1) is 0 Å². The first kappa shape index (κ1) is 15.4. The van der Waals surface area contributed by atoms with E-state index in [2.05, 4.69) is 5.32 Å². The van der Waals surface area contributed by atoms with Crippen LogP contribution in [0.2, 0.25) is 0 Å². The number of halogens is 2. The Morgan fingerprint density at radius 1 is 0.950 bits per heavy atom. The van der Waals surface area contributed by atoms with Crippen molar-refractivity contribution < 1.29 is 18.4 Å². The van der Waals surface area contributed by atoms with Crippen molar-refractivity contribution in [3.63, 3.8) is 0 Å². The molecule has 20 heavy (non-hydrogen) atoms. The molecule has 0 unspecified atom stereocenters. The van der Waals surface area contributed by atoms with Crippen molar-refractivity contribution in [3.8, 4) is 0 Å². The van der Waals surface area contributed by atoms with Gasteiger partial charge in [0.2, 0.25) is 11.8 Å². The van der Waals surface area contributed by atoms with E-state index in [4.69, 9.17) is 0 Å². The second-order valence-corrected chi connectivity index (χ2v) is 6.30. The molecule has 0 atom stereocenters. The number of amides is 1. The van der Waals surface area contributed by atoms with Gasteiger partial charge < -0.3 is 5.32 Å². The van der Waals surface area contributed by atoms with Crippen molar-refractivity contribution in [2.45, 2.75) is 70.3 Å². The van der Waals surface area contributed by atoms with Crippen LogP contribution in [0.15, 0.2) is 0 Å². The third-order valence-electron chi connectivity index (χ3n) is 4.74. The summed E-state index contributed by atoms with van der Waals surface area (Å²) in [5, 5.41) is 2.98. The van der Waals surface area contributed by atoms with E-state index in [1.165, 1.54) is 0 Å². The van der Waals surface area contributed by atoms with E-state index in [1.54, 1.807) is 6.92 Å². The van der Waals surface area contributed by atoms with E-state index in [0.29, 0.717) is 0 Å². The van der Waals surface area contributed by atoms with Gasteiger partial charge in [-0.25, -0.2) is 8.78 Å². The zero-order valence-electron chi connectivity index (χ0n) is 12.0. The molecule has 1 amide bonds. The van der Waals surface area contributed by atoms with Gasteiger partial charge in [-0.05, 0) is 45.4 Å². The van der Waals surface area contributed by atoms with E-state index in [-0.39, 0.29) is 55.3 Å². The Kier molecular flexibility index (Phi) is 4.76. The maximum Gasteiger partial charge on any atom is 0.248 e. The summed E-state index contributed by atoms with van der Waals surface area (Å²) in [6, 6.07) is 0.112. The molecule has 0 aromatic rings. The van der Waals surface area contributed by atoms with Gasteiger partial charge in [0.25, 0.3) is 0 Å². The second kappa shape index (κ2) is 6.19. The molecule has 2 aliphatic carbocycles. The molecule has 0 saturated heterocycles. The predicted octanol–water partition coefficient (Wildman–Crippen LogP) is 3.08. The summed E-state index contributed by atoms with van der Waals surface area (Å²) >= 11 is 0. The largest absolute Gasteiger partial charge is 0.353 e. The number of carbonyl (C=O) groups excluding carboxylic acids is 2. The molecule has 0 aliphatic heterocycles. The van der Waals surface area contributed by atoms with Crippen molar-refractivity contribution in [1.82, 2.24) is 5.32 Å². The number of hydrogen-bond acceptors (Lipinski definition) is 2. The molecule has 5 heteroatoms. The van der Waals surface area contributed by atoms with Gasteiger partial charge in [0, 0.05) is 30.7 Å². The maximum absolute atomic E-state index is 13.1. The van der Waals surface area contributed by atoms with Crippen LogP contribution in [0.4, 0.5) is 8.78 Å². The third kappa shape index (κ3) is 4.00. The molecule has 0 radical (unpaired) electrons. The van der Waals surface area contributed by atoms with Crippen LogP contribution in [0.5, 0.6) is 0 Å². The molecule has 0 aromatic heterocycles. The second-order valence-electron chi connectivity index (χ2n) is 6.30. The number of hydrogen-bond donors (Lipinski definition) is 1. The van der Waals surface area contributed by atoms with Crippen LogP contribution in [0.1, 0.15) is 58.3 Å². The third-order valence-corrected chi connectivity index (χ3v) is 4.74. The highest BCUT2D eigenvalue weighted by Gasteiger charge is 2.38. The molecule has 3 nitrogen and oxygen atoms in total. The van der Waals surface area contributed by atoms with Crippen LogP contribution in [-0.4, -0.2) is 23.7 Å². The quantitative estimate of drug-likeness (QED) is 0.867. The van der Waals surface area contributed by atoms with Gasteiger partial charge >= 0.3 is 0 Å². The Morgan fingerprint density at radius 3 is 2.00 bits per heavy atom. The molecule has 0 heterocycles. The minimum absolute atomic E-state index is 0.0771. The Balaban J connectivity index is 1.74. The molecule has 114 valence electrons. The van der Waals surface area contributed by atoms with Gasteiger partial charge in [-0.2, -0.15) is 0 Å². The standard InChI is InChI=1S/C15H23F2NO2/c1-10(19)11-2-4-13(5-3-11)18-14(20)12-6-8-15(16,17)9-7-12/h11-13H,2-9H2,1H3,(H,18,20)/t11-,13-. The molecule has 2 rings (SSSR count). The highest BCUT2D eigenvalue weighted by molar-refractivity contribution is 5.79. The lowest BCUT2D eigenvalue weighted by atomic mass is 9.82. The number of alkyl halides is 2. The van der Waals surface area contributed by atoms with Gasteiger partial charge in [0.15, 0.2) is 0 Å². The van der Waals surface area contributed by atoms with E-state index in [9.17, 15) is 18.4 Å². The van der Waals surface area contributed by atoms with Crippen LogP contribution in [0, 0.1) is 11.8 Å². The lowest BCUT2D eigenvalue weighted by Crippen LogP contribution is -2.43. The summed E-state index contributed by atoms with van der Waals surface area (Å²) < 4.78 is 26.1. The summed E-state index contributed by atoms with van der Waals surface area (Å²) in [6.45, 7) is 1.62. The SMILES string of the molecule is CC(=O)[C@H]1CC[C@H](NC(=O)C2CCC(F)(F)CC2)CC1. The monoisotopic (exact) mass is 287 g/mol. The fourth-order valence-corrected chi connectivity index (χ4v) is 3.27. The predicted molar refractivity (Wildman–Crippen MR) is 71.5 cm³/mol. The Hall–Kier alpha value is -1.00. The zero-order chi connectivity index (χ0) is 14.8. The normalized spacial score (nSPS) is 30.8. The van der Waals surface area contributed by atoms with Gasteiger partial charge in [-0.3, -0.25) is 9.59 Å². The Bertz CT molecular complexity index is 366. The van der Waals surface area contributed by atoms with Crippen molar-refractivity contribution in [3.05, 3.63) is 0 Å². The number of ketones is 1. The van der Waals surface area contributed by atoms with Crippen molar-refractivity contribution in [1.29, 1.82) is 0 Å². The lowest BCUT2D eigenvalue weighted by Gasteiger charge is -2.31. The summed E-state index contributed by atoms with van der Waals surface area (Å²) in [5.74, 6) is -2.57. The molecule has 2 fully saturated rings. The first-order chi connectivity index (χ1) is 9.37. The van der Waals surface area contributed by atoms with Gasteiger partial charge in [-0.1, -0.05) is 0 Å². The van der Waals surface area contributed by atoms with Crippen LogP contribution in [0.25, 0.3) is 0 Å². The molecule has 0 spiro atoms. The Morgan fingerprint density at radius 2 is 1.50 bits per heavy atom. The van der Waals surface area contributed by atoms with Gasteiger partial charge in [0.05, 0.1) is 0 Å². The van der Waals surface area contributed by atoms with E-state index >= 15 is 0 Å². The number of carbonyl (C=O) groups is 2. The van der Waals surface area contributed by atoms with Gasteiger partial charge in [0.1, 0.15) is 5.78 Å². The van der Waals surface area contributed by atoms with Crippen LogP contribution in [-0.2, 0) is 9.59 Å². The minimum atomic E-state index is -2.59. The van der Waals surface area contributed by atoms with Crippen LogP contribution < -0.4 is 5.32 Å². The Labute approximate surface area is 118 Å². The van der Waals surface area contributed by atoms with Crippen LogP contribution >= 0.6 is 0 Å². The highest BCUT2D eigenvalue weighted by Crippen LogP contribution is 2.36. The fourth-order valence-electron chi connectivity index (χ4n) is 3.27. The summed E-state index contributed by atoms with van der Waals surface area (Å²) in [4.78, 5) is 23.3. The topological polar surface area (TPSA) is 46.2 Å². The van der Waals surface area contributed by atoms with E-state index in [1.807, 2.05) is 0 Å². The summed E-state index contributed by atoms with van der Waals surface area (Å²) in [5.41, 5.74) is 0. The van der Waals surface area contributed by atoms with Crippen molar-refractivity contribution in [2.75, 3.05) is 0 Å². The summed E-state index contributed by atoms with van der Waals surface area (Å²) in [6.07, 6.45) is 3.48. The fraction of sp³-hybridized carbons (Fsp3) is 0.867. The summed E-state index contributed by atoms with van der Waals surface area (Å²) in [7, 11) is 0. The lowest BCUT2D eigenvalue weighted by molar-refractivity contribution is -0.130. The maximum atomic E-state index is 13.1. The van der Waals surface area contributed by atoms with Crippen LogP contribution in [0.3, 0.4) is 0 Å². The average molecular weight is 287 g/mol. The zero-order valence-corrected chi connectivity index (χ0v) is 12.0. The number of nitrogens with one attached hydrogen (secondary N) is 1. The molecule has 2 saturated carbocycles. The number of rotatable bonds is 3. The van der Waals surface area contributed by atoms with Crippen molar-refractivity contribution in [2.24, 2.45) is 11.8 Å². The first-order valence-corrected chi connectivity index (χ1v) is 7.56.